The van der Waals surface area contributed by atoms with E-state index in [1.54, 1.807) is 27.7 Å². The van der Waals surface area contributed by atoms with Crippen molar-refractivity contribution in [2.75, 3.05) is 54.7 Å². The summed E-state index contributed by atoms with van der Waals surface area (Å²) in [5.41, 5.74) is -0.556. The number of rotatable bonds is 28. The number of imide groups is 2. The average molecular weight is 1480 g/mol. The summed E-state index contributed by atoms with van der Waals surface area (Å²) >= 11 is 11.5. The number of ether oxygens (including phenoxy) is 10. The third kappa shape index (κ3) is 14.8. The first kappa shape index (κ1) is 74.8. The maximum atomic E-state index is 16.2. The first-order valence-electron chi connectivity index (χ1n) is 32.8. The highest BCUT2D eigenvalue weighted by Crippen LogP contribution is 2.58. The lowest BCUT2D eigenvalue weighted by atomic mass is 9.80. The molecule has 0 bridgehead atoms. The largest absolute Gasteiger partial charge is 0.465 e. The monoisotopic (exact) mass is 1480 g/mol. The van der Waals surface area contributed by atoms with Crippen molar-refractivity contribution in [2.24, 2.45) is 11.8 Å². The van der Waals surface area contributed by atoms with Gasteiger partial charge >= 0.3 is 35.8 Å². The molecule has 2 unspecified atom stereocenters. The average Bonchev–Trinajstić information content (AvgIpc) is 0.671. The number of fused-ring (bicyclic) bond motifs is 2. The van der Waals surface area contributed by atoms with Crippen LogP contribution in [0.25, 0.3) is 43.1 Å². The molecule has 2 aliphatic rings. The highest BCUT2D eigenvalue weighted by molar-refractivity contribution is 6.45. The number of carbonyl (C=O) groups excluding carboxylic acids is 12. The second kappa shape index (κ2) is 31.3. The van der Waals surface area contributed by atoms with Gasteiger partial charge < -0.3 is 58.0 Å². The van der Waals surface area contributed by atoms with Gasteiger partial charge in [0.05, 0.1) is 86.0 Å². The molecule has 11 rings (SSSR count). The molecule has 2 heterocycles. The molecule has 26 nitrogen and oxygen atoms in total. The molecule has 2 atom stereocenters. The standard InChI is InChI=1S/C78H66Cl2N4O22/c1-37(2)31-53(67(85)81-27-29-101-73(91)39(5)79)83-69(87)49-33-55(103-45-19-11-41(12-20-45)75(93)97-7)61-63-57(105-47-23-15-43(16-24-47)77(95)99-9)35-51-60-52(72(90)84(71(51)89)54(32-38(3)4)68(86)82-28-30-102-74(92)40(6)80)36-58(106-48-25-17-44(18-26-48)78(96)100-10)64(66(60)63)62-56(34-50(70(83)88)59(49)65(61)62)104-46-21-13-42(14-22-46)76(94)98-8/h11-26,33-38,53-54H,5-6,27-32H2,1-4,7-10H3,(H,81,85)(H,82,86). The van der Waals surface area contributed by atoms with E-state index in [1.807, 2.05) is 0 Å². The zero-order valence-electron chi connectivity index (χ0n) is 58.1. The molecule has 6 amide bonds. The number of hydrogen-bond acceptors (Lipinski definition) is 22. The summed E-state index contributed by atoms with van der Waals surface area (Å²) in [6, 6.07) is 24.9. The van der Waals surface area contributed by atoms with Gasteiger partial charge in [-0.2, -0.15) is 0 Å². The van der Waals surface area contributed by atoms with E-state index in [9.17, 15) is 38.4 Å². The Balaban J connectivity index is 1.30. The fourth-order valence-corrected chi connectivity index (χ4v) is 12.7. The minimum absolute atomic E-state index is 0.0107. The van der Waals surface area contributed by atoms with Crippen LogP contribution in [-0.4, -0.2) is 148 Å². The molecular weight excluding hydrogens is 1420 g/mol. The Hall–Kier alpha value is -12.4. The number of esters is 6. The second-order valence-electron chi connectivity index (χ2n) is 25.1. The Kier molecular flexibility index (Phi) is 22.1. The van der Waals surface area contributed by atoms with E-state index in [0.29, 0.717) is 0 Å². The summed E-state index contributed by atoms with van der Waals surface area (Å²) in [4.78, 5) is 172. The van der Waals surface area contributed by atoms with Crippen molar-refractivity contribution in [3.05, 3.63) is 189 Å². The lowest BCUT2D eigenvalue weighted by Crippen LogP contribution is -2.54. The number of methoxy groups -OCH3 is 4. The summed E-state index contributed by atoms with van der Waals surface area (Å²) in [6.07, 6.45) is -0.239. The highest BCUT2D eigenvalue weighted by atomic mass is 35.5. The number of hydrogen-bond donors (Lipinski definition) is 2. The number of carbonyl (C=O) groups is 12. The molecule has 544 valence electrons. The summed E-state index contributed by atoms with van der Waals surface area (Å²) in [6.45, 7) is 12.4. The summed E-state index contributed by atoms with van der Waals surface area (Å²) in [5.74, 6) is -12.0. The van der Waals surface area contributed by atoms with Crippen molar-refractivity contribution >= 4 is 138 Å². The first-order valence-corrected chi connectivity index (χ1v) is 33.6. The van der Waals surface area contributed by atoms with Gasteiger partial charge in [-0.3, -0.25) is 38.6 Å². The molecule has 106 heavy (non-hydrogen) atoms. The van der Waals surface area contributed by atoms with Crippen LogP contribution in [0, 0.1) is 11.8 Å². The highest BCUT2D eigenvalue weighted by Gasteiger charge is 2.47. The van der Waals surface area contributed by atoms with E-state index in [0.717, 1.165) is 9.80 Å². The van der Waals surface area contributed by atoms with Crippen molar-refractivity contribution in [1.82, 2.24) is 20.4 Å². The lowest BCUT2D eigenvalue weighted by Gasteiger charge is -2.36. The molecule has 0 aromatic heterocycles. The predicted octanol–water partition coefficient (Wildman–Crippen LogP) is 12.9. The van der Waals surface area contributed by atoms with Gasteiger partial charge in [-0.1, -0.05) is 64.1 Å². The molecule has 28 heteroatoms. The number of amides is 6. The van der Waals surface area contributed by atoms with E-state index in [1.165, 1.54) is 150 Å². The Morgan fingerprint density at radius 2 is 0.613 bits per heavy atom. The van der Waals surface area contributed by atoms with Crippen LogP contribution in [0.15, 0.2) is 145 Å². The maximum absolute atomic E-state index is 16.2. The van der Waals surface area contributed by atoms with Crippen LogP contribution in [0.1, 0.15) is 123 Å². The molecule has 0 saturated heterocycles. The molecule has 9 aromatic rings. The fourth-order valence-electron chi connectivity index (χ4n) is 12.6. The van der Waals surface area contributed by atoms with E-state index in [4.69, 9.17) is 70.6 Å². The Bertz CT molecular complexity index is 4600. The molecule has 0 radical (unpaired) electrons. The van der Waals surface area contributed by atoms with Gasteiger partial charge in [0.2, 0.25) is 11.8 Å². The van der Waals surface area contributed by atoms with Crippen molar-refractivity contribution < 1.29 is 105 Å². The molecule has 0 spiro atoms. The van der Waals surface area contributed by atoms with Gasteiger partial charge in [0, 0.05) is 43.1 Å². The third-order valence-electron chi connectivity index (χ3n) is 17.3. The Morgan fingerprint density at radius 3 is 0.821 bits per heavy atom. The third-order valence-corrected chi connectivity index (χ3v) is 17.6. The van der Waals surface area contributed by atoms with E-state index in [2.05, 4.69) is 23.8 Å². The van der Waals surface area contributed by atoms with Crippen molar-refractivity contribution in [1.29, 1.82) is 0 Å². The minimum Gasteiger partial charge on any atom is -0.465 e. The number of halogens is 2. The zero-order chi connectivity index (χ0) is 76.3. The number of benzene rings is 9. The van der Waals surface area contributed by atoms with E-state index >= 15 is 19.2 Å². The SMILES string of the molecule is C=C(Cl)C(=O)OCCNC(=O)C(CC(C)C)N1C(=O)c2cc(Oc3ccc(C(=O)OC)cc3)c3c4c(Oc5ccc(C(=O)OC)cc5)cc5c6c(cc(Oc7ccc(C(=O)OC)cc7)c(c7c(Oc8ccc(C(=O)OC)cc8)cc(c2c37)C1=O)c64)C(=O)N(C(CC(C)C)C(=O)NCCOC(=O)C(=C)Cl)C5=O. The molecule has 0 saturated carbocycles. The molecule has 9 aromatic carbocycles. The molecular formula is C78H66Cl2N4O22. The van der Waals surface area contributed by atoms with Gasteiger partial charge in [0.15, 0.2) is 0 Å². The number of nitrogens with one attached hydrogen (secondary N) is 2. The lowest BCUT2D eigenvalue weighted by molar-refractivity contribution is -0.139. The van der Waals surface area contributed by atoms with Gasteiger partial charge in [0.25, 0.3) is 23.6 Å². The van der Waals surface area contributed by atoms with Crippen LogP contribution in [0.2, 0.25) is 0 Å². The summed E-state index contributed by atoms with van der Waals surface area (Å²) in [5, 5.41) is 4.29. The summed E-state index contributed by atoms with van der Waals surface area (Å²) < 4.78 is 58.4. The Labute approximate surface area is 614 Å². The fraction of sp³-hybridized carbons (Fsp3) is 0.231. The normalized spacial score (nSPS) is 13.0. The molecule has 2 aliphatic heterocycles. The molecule has 2 N–H and O–H groups in total. The minimum atomic E-state index is -1.57. The quantitative estimate of drug-likeness (QED) is 0.00875. The van der Waals surface area contributed by atoms with Crippen LogP contribution < -0.4 is 29.6 Å². The van der Waals surface area contributed by atoms with Crippen LogP contribution in [0.5, 0.6) is 46.0 Å². The maximum Gasteiger partial charge on any atom is 0.349 e. The van der Waals surface area contributed by atoms with Crippen LogP contribution in [0.3, 0.4) is 0 Å². The van der Waals surface area contributed by atoms with Crippen LogP contribution in [0.4, 0.5) is 0 Å². The van der Waals surface area contributed by atoms with Gasteiger partial charge in [-0.05, 0) is 146 Å². The van der Waals surface area contributed by atoms with Crippen molar-refractivity contribution in [3.63, 3.8) is 0 Å². The number of nitrogens with zero attached hydrogens (tertiary/aromatic N) is 2. The Morgan fingerprint density at radius 1 is 0.377 bits per heavy atom. The van der Waals surface area contributed by atoms with E-state index in [-0.39, 0.29) is 185 Å². The molecule has 0 aliphatic carbocycles. The van der Waals surface area contributed by atoms with Crippen LogP contribution in [-0.2, 0) is 47.6 Å². The van der Waals surface area contributed by atoms with Gasteiger partial charge in [-0.25, -0.2) is 28.8 Å². The second-order valence-corrected chi connectivity index (χ2v) is 26.0. The predicted molar refractivity (Wildman–Crippen MR) is 384 cm³/mol. The summed E-state index contributed by atoms with van der Waals surface area (Å²) in [7, 11) is 4.78. The smallest absolute Gasteiger partial charge is 0.349 e. The first-order chi connectivity index (χ1) is 50.7. The van der Waals surface area contributed by atoms with Crippen LogP contribution >= 0.6 is 23.2 Å². The molecule has 0 fully saturated rings. The van der Waals surface area contributed by atoms with Crippen molar-refractivity contribution in [2.45, 2.75) is 52.6 Å². The topological polar surface area (TPSA) is 328 Å². The van der Waals surface area contributed by atoms with Crippen molar-refractivity contribution in [3.8, 4) is 46.0 Å². The zero-order valence-corrected chi connectivity index (χ0v) is 59.7. The van der Waals surface area contributed by atoms with Gasteiger partial charge in [0.1, 0.15) is 81.4 Å². The van der Waals surface area contributed by atoms with E-state index < -0.39 is 93.4 Å². The van der Waals surface area contributed by atoms with Gasteiger partial charge in [-0.15, -0.1) is 0 Å².